The van der Waals surface area contributed by atoms with Crippen molar-refractivity contribution in [2.75, 3.05) is 0 Å². The summed E-state index contributed by atoms with van der Waals surface area (Å²) in [6, 6.07) is 11.4. The SMILES string of the molecule is Cc1cc(OCc2ccc(/C(N)=N/O)cc2)cc(C)c1Br. The maximum absolute atomic E-state index is 8.62. The molecule has 2 rings (SSSR count). The molecule has 110 valence electrons. The van der Waals surface area contributed by atoms with Crippen molar-refractivity contribution < 1.29 is 9.94 Å². The average Bonchev–Trinajstić information content (AvgIpc) is 2.50. The molecular formula is C16H17BrN2O2. The molecule has 0 amide bonds. The van der Waals surface area contributed by atoms with Crippen molar-refractivity contribution in [3.05, 3.63) is 63.1 Å². The molecular weight excluding hydrogens is 332 g/mol. The number of rotatable bonds is 4. The number of nitrogens with two attached hydrogens (primary N) is 1. The minimum atomic E-state index is 0.0987. The van der Waals surface area contributed by atoms with E-state index in [1.54, 1.807) is 12.1 Å². The first kappa shape index (κ1) is 15.4. The van der Waals surface area contributed by atoms with Gasteiger partial charge in [0.25, 0.3) is 0 Å². The number of benzene rings is 2. The van der Waals surface area contributed by atoms with E-state index in [0.717, 1.165) is 26.9 Å². The first-order chi connectivity index (χ1) is 10.0. The van der Waals surface area contributed by atoms with Crippen LogP contribution in [0.15, 0.2) is 46.0 Å². The molecule has 0 saturated carbocycles. The maximum atomic E-state index is 8.62. The van der Waals surface area contributed by atoms with E-state index in [4.69, 9.17) is 15.7 Å². The van der Waals surface area contributed by atoms with Gasteiger partial charge in [-0.1, -0.05) is 45.4 Å². The first-order valence-corrected chi connectivity index (χ1v) is 7.27. The van der Waals surface area contributed by atoms with Gasteiger partial charge in [-0.15, -0.1) is 0 Å². The van der Waals surface area contributed by atoms with Gasteiger partial charge in [-0.2, -0.15) is 0 Å². The van der Waals surface area contributed by atoms with E-state index >= 15 is 0 Å². The second kappa shape index (κ2) is 6.63. The molecule has 2 aromatic rings. The van der Waals surface area contributed by atoms with Gasteiger partial charge in [0.1, 0.15) is 12.4 Å². The highest BCUT2D eigenvalue weighted by molar-refractivity contribution is 9.10. The molecule has 0 radical (unpaired) electrons. The van der Waals surface area contributed by atoms with E-state index in [2.05, 4.69) is 21.1 Å². The smallest absolute Gasteiger partial charge is 0.170 e. The van der Waals surface area contributed by atoms with Crippen molar-refractivity contribution in [3.63, 3.8) is 0 Å². The number of hydrogen-bond donors (Lipinski definition) is 2. The van der Waals surface area contributed by atoms with Crippen molar-refractivity contribution >= 4 is 21.8 Å². The summed E-state index contributed by atoms with van der Waals surface area (Å²) in [6.45, 7) is 4.54. The number of oxime groups is 1. The molecule has 0 aliphatic heterocycles. The van der Waals surface area contributed by atoms with Crippen molar-refractivity contribution in [2.45, 2.75) is 20.5 Å². The van der Waals surface area contributed by atoms with Gasteiger partial charge < -0.3 is 15.7 Å². The Labute approximate surface area is 132 Å². The maximum Gasteiger partial charge on any atom is 0.170 e. The quantitative estimate of drug-likeness (QED) is 0.382. The lowest BCUT2D eigenvalue weighted by molar-refractivity contribution is 0.306. The fraction of sp³-hybridized carbons (Fsp3) is 0.188. The number of halogens is 1. The monoisotopic (exact) mass is 348 g/mol. The van der Waals surface area contributed by atoms with Crippen LogP contribution in [0.3, 0.4) is 0 Å². The lowest BCUT2D eigenvalue weighted by Gasteiger charge is -2.10. The van der Waals surface area contributed by atoms with Crippen LogP contribution in [-0.4, -0.2) is 11.0 Å². The normalized spacial score (nSPS) is 11.5. The van der Waals surface area contributed by atoms with E-state index in [1.165, 1.54) is 0 Å². The summed E-state index contributed by atoms with van der Waals surface area (Å²) < 4.78 is 6.91. The Hall–Kier alpha value is -2.01. The van der Waals surface area contributed by atoms with Gasteiger partial charge in [-0.3, -0.25) is 0 Å². The zero-order valence-corrected chi connectivity index (χ0v) is 13.5. The molecule has 0 heterocycles. The minimum absolute atomic E-state index is 0.0987. The summed E-state index contributed by atoms with van der Waals surface area (Å²) in [5.41, 5.74) is 9.51. The van der Waals surface area contributed by atoms with Crippen LogP contribution in [0.4, 0.5) is 0 Å². The van der Waals surface area contributed by atoms with Crippen LogP contribution in [0.25, 0.3) is 0 Å². The summed E-state index contributed by atoms with van der Waals surface area (Å²) in [5.74, 6) is 0.940. The van der Waals surface area contributed by atoms with Gasteiger partial charge in [0.05, 0.1) is 0 Å². The van der Waals surface area contributed by atoms with E-state index in [-0.39, 0.29) is 5.84 Å². The fourth-order valence-electron chi connectivity index (χ4n) is 1.99. The van der Waals surface area contributed by atoms with Gasteiger partial charge in [-0.25, -0.2) is 0 Å². The topological polar surface area (TPSA) is 67.8 Å². The second-order valence-corrected chi connectivity index (χ2v) is 5.63. The molecule has 0 aliphatic carbocycles. The van der Waals surface area contributed by atoms with Crippen molar-refractivity contribution in [1.82, 2.24) is 0 Å². The Kier molecular flexibility index (Phi) is 4.85. The first-order valence-electron chi connectivity index (χ1n) is 6.47. The number of ether oxygens (including phenoxy) is 1. The Bertz CT molecular complexity index is 643. The van der Waals surface area contributed by atoms with Gasteiger partial charge in [0.2, 0.25) is 0 Å². The van der Waals surface area contributed by atoms with E-state index < -0.39 is 0 Å². The van der Waals surface area contributed by atoms with Gasteiger partial charge in [0, 0.05) is 10.0 Å². The minimum Gasteiger partial charge on any atom is -0.489 e. The molecule has 0 saturated heterocycles. The molecule has 5 heteroatoms. The van der Waals surface area contributed by atoms with E-state index in [1.807, 2.05) is 38.1 Å². The lowest BCUT2D eigenvalue weighted by atomic mass is 10.1. The summed E-state index contributed by atoms with van der Waals surface area (Å²) in [6.07, 6.45) is 0. The second-order valence-electron chi connectivity index (χ2n) is 4.84. The standard InChI is InChI=1S/C16H17BrN2O2/c1-10-7-14(8-11(2)15(10)17)21-9-12-3-5-13(6-4-12)16(18)19-20/h3-8,20H,9H2,1-2H3,(H2,18,19). The molecule has 0 atom stereocenters. The molecule has 0 aliphatic rings. The van der Waals surface area contributed by atoms with Crippen LogP contribution in [0.1, 0.15) is 22.3 Å². The summed E-state index contributed by atoms with van der Waals surface area (Å²) in [4.78, 5) is 0. The van der Waals surface area contributed by atoms with Crippen LogP contribution in [0.2, 0.25) is 0 Å². The van der Waals surface area contributed by atoms with Crippen LogP contribution in [0, 0.1) is 13.8 Å². The van der Waals surface area contributed by atoms with E-state index in [9.17, 15) is 0 Å². The fourth-order valence-corrected chi connectivity index (χ4v) is 2.21. The van der Waals surface area contributed by atoms with Crippen LogP contribution < -0.4 is 10.5 Å². The highest BCUT2D eigenvalue weighted by Crippen LogP contribution is 2.26. The number of aryl methyl sites for hydroxylation is 2. The van der Waals surface area contributed by atoms with Crippen LogP contribution in [-0.2, 0) is 6.61 Å². The van der Waals surface area contributed by atoms with Gasteiger partial charge in [-0.05, 0) is 42.7 Å². The Morgan fingerprint density at radius 3 is 2.29 bits per heavy atom. The molecule has 3 N–H and O–H groups in total. The van der Waals surface area contributed by atoms with Gasteiger partial charge >= 0.3 is 0 Å². The highest BCUT2D eigenvalue weighted by Gasteiger charge is 2.04. The highest BCUT2D eigenvalue weighted by atomic mass is 79.9. The summed E-state index contributed by atoms with van der Waals surface area (Å²) in [5, 5.41) is 11.6. The number of hydrogen-bond acceptors (Lipinski definition) is 3. The molecule has 0 aromatic heterocycles. The zero-order chi connectivity index (χ0) is 15.4. The van der Waals surface area contributed by atoms with Gasteiger partial charge in [0.15, 0.2) is 5.84 Å². The Morgan fingerprint density at radius 1 is 1.19 bits per heavy atom. The predicted molar refractivity (Wildman–Crippen MR) is 86.9 cm³/mol. The molecule has 0 unspecified atom stereocenters. The summed E-state index contributed by atoms with van der Waals surface area (Å²) in [7, 11) is 0. The third-order valence-corrected chi connectivity index (χ3v) is 4.42. The van der Waals surface area contributed by atoms with E-state index in [0.29, 0.717) is 12.2 Å². The lowest BCUT2D eigenvalue weighted by Crippen LogP contribution is -2.12. The molecule has 0 bridgehead atoms. The predicted octanol–water partition coefficient (Wildman–Crippen LogP) is 3.74. The zero-order valence-electron chi connectivity index (χ0n) is 11.9. The third-order valence-electron chi connectivity index (χ3n) is 3.17. The Morgan fingerprint density at radius 2 is 1.76 bits per heavy atom. The molecule has 0 fully saturated rings. The van der Waals surface area contributed by atoms with Crippen LogP contribution >= 0.6 is 15.9 Å². The molecule has 0 spiro atoms. The molecule has 21 heavy (non-hydrogen) atoms. The number of nitrogens with zero attached hydrogens (tertiary/aromatic N) is 1. The van der Waals surface area contributed by atoms with Crippen molar-refractivity contribution in [1.29, 1.82) is 0 Å². The molecule has 2 aromatic carbocycles. The average molecular weight is 349 g/mol. The number of amidine groups is 1. The summed E-state index contributed by atoms with van der Waals surface area (Å²) >= 11 is 3.54. The van der Waals surface area contributed by atoms with Crippen LogP contribution in [0.5, 0.6) is 5.75 Å². The Balaban J connectivity index is 2.06. The largest absolute Gasteiger partial charge is 0.489 e. The van der Waals surface area contributed by atoms with Crippen molar-refractivity contribution in [3.8, 4) is 5.75 Å². The van der Waals surface area contributed by atoms with Crippen molar-refractivity contribution in [2.24, 2.45) is 10.9 Å². The third kappa shape index (κ3) is 3.76. The molecule has 4 nitrogen and oxygen atoms in total.